The largest absolute Gasteiger partial charge is 0.508 e. The van der Waals surface area contributed by atoms with Crippen molar-refractivity contribution in [3.05, 3.63) is 94.5 Å². The van der Waals surface area contributed by atoms with Gasteiger partial charge in [-0.25, -0.2) is 9.59 Å². The molecule has 156 valence electrons. The topological polar surface area (TPSA) is 113 Å². The van der Waals surface area contributed by atoms with Crippen LogP contribution in [0.2, 0.25) is 0 Å². The average molecular weight is 426 g/mol. The molecule has 2 aliphatic rings. The van der Waals surface area contributed by atoms with Crippen LogP contribution >= 0.6 is 0 Å². The van der Waals surface area contributed by atoms with E-state index < -0.39 is 17.5 Å². The standard InChI is InChI=1S/C25H14O7/c26-12-5-7-14-16(9-12)17(23(28)29)11-20-22(14)31-21-10-13(27)6-8-19(21)25(20)18-4-2-1-3-15(18)24(30)32-25/h1-11,26-27H,(H,28,29). The summed E-state index contributed by atoms with van der Waals surface area (Å²) in [5, 5.41) is 30.7. The van der Waals surface area contributed by atoms with Gasteiger partial charge in [0.25, 0.3) is 0 Å². The van der Waals surface area contributed by atoms with Gasteiger partial charge in [-0.05, 0) is 42.5 Å². The van der Waals surface area contributed by atoms with E-state index in [9.17, 15) is 24.9 Å². The molecule has 0 fully saturated rings. The number of carboxylic acid groups (broad SMARTS) is 1. The second-order valence-corrected chi connectivity index (χ2v) is 7.73. The van der Waals surface area contributed by atoms with Crippen molar-refractivity contribution in [3.8, 4) is 23.0 Å². The number of ether oxygens (including phenoxy) is 2. The van der Waals surface area contributed by atoms with Crippen LogP contribution in [0.4, 0.5) is 0 Å². The molecule has 2 heterocycles. The predicted molar refractivity (Wildman–Crippen MR) is 112 cm³/mol. The van der Waals surface area contributed by atoms with Gasteiger partial charge in [0.05, 0.1) is 11.1 Å². The zero-order chi connectivity index (χ0) is 22.2. The number of carbonyl (C=O) groups excluding carboxylic acids is 1. The summed E-state index contributed by atoms with van der Waals surface area (Å²) in [5.74, 6) is -1.32. The first-order valence-corrected chi connectivity index (χ1v) is 9.78. The Hall–Kier alpha value is -4.52. The number of benzene rings is 4. The Morgan fingerprint density at radius 2 is 1.56 bits per heavy atom. The number of hydrogen-bond donors (Lipinski definition) is 3. The van der Waals surface area contributed by atoms with Crippen molar-refractivity contribution >= 4 is 22.7 Å². The molecule has 2 aliphatic heterocycles. The quantitative estimate of drug-likeness (QED) is 0.384. The number of carboxylic acids is 1. The van der Waals surface area contributed by atoms with Crippen LogP contribution in [0.3, 0.4) is 0 Å². The maximum absolute atomic E-state index is 12.9. The molecule has 0 aromatic heterocycles. The molecular formula is C25H14O7. The molecule has 32 heavy (non-hydrogen) atoms. The molecule has 1 spiro atoms. The van der Waals surface area contributed by atoms with Crippen LogP contribution in [-0.2, 0) is 10.3 Å². The fourth-order valence-corrected chi connectivity index (χ4v) is 4.69. The number of rotatable bonds is 1. The molecule has 0 saturated heterocycles. The fraction of sp³-hybridized carbons (Fsp3) is 0.0400. The Labute approximate surface area is 180 Å². The van der Waals surface area contributed by atoms with E-state index in [1.807, 2.05) is 0 Å². The Kier molecular flexibility index (Phi) is 3.43. The summed E-state index contributed by atoms with van der Waals surface area (Å²) in [6.07, 6.45) is 0. The van der Waals surface area contributed by atoms with E-state index in [1.54, 1.807) is 36.4 Å². The number of fused-ring (bicyclic) bond motifs is 8. The van der Waals surface area contributed by atoms with Crippen LogP contribution in [0.5, 0.6) is 23.0 Å². The van der Waals surface area contributed by atoms with Crippen LogP contribution in [0.15, 0.2) is 66.7 Å². The smallest absolute Gasteiger partial charge is 0.340 e. The van der Waals surface area contributed by atoms with Crippen molar-refractivity contribution in [1.82, 2.24) is 0 Å². The van der Waals surface area contributed by atoms with E-state index in [0.29, 0.717) is 27.6 Å². The van der Waals surface area contributed by atoms with Gasteiger partial charge < -0.3 is 24.8 Å². The third-order valence-corrected chi connectivity index (χ3v) is 6.01. The van der Waals surface area contributed by atoms with E-state index in [0.717, 1.165) is 0 Å². The lowest BCUT2D eigenvalue weighted by atomic mass is 9.76. The summed E-state index contributed by atoms with van der Waals surface area (Å²) in [5.41, 5.74) is 0.207. The van der Waals surface area contributed by atoms with Crippen LogP contribution in [0.1, 0.15) is 37.4 Å². The Bertz CT molecular complexity index is 1500. The Balaban J connectivity index is 1.81. The number of esters is 1. The fourth-order valence-electron chi connectivity index (χ4n) is 4.69. The van der Waals surface area contributed by atoms with Gasteiger partial charge in [-0.3, -0.25) is 0 Å². The van der Waals surface area contributed by atoms with Crippen molar-refractivity contribution < 1.29 is 34.4 Å². The number of hydrogen-bond acceptors (Lipinski definition) is 6. The average Bonchev–Trinajstić information content (AvgIpc) is 3.06. The van der Waals surface area contributed by atoms with Gasteiger partial charge in [-0.15, -0.1) is 0 Å². The number of aromatic carboxylic acids is 1. The van der Waals surface area contributed by atoms with Crippen LogP contribution in [0.25, 0.3) is 10.8 Å². The highest BCUT2D eigenvalue weighted by atomic mass is 16.6. The molecule has 0 aliphatic carbocycles. The van der Waals surface area contributed by atoms with E-state index in [-0.39, 0.29) is 33.9 Å². The first kappa shape index (κ1) is 18.3. The highest BCUT2D eigenvalue weighted by Gasteiger charge is 2.54. The third-order valence-electron chi connectivity index (χ3n) is 6.01. The van der Waals surface area contributed by atoms with Crippen molar-refractivity contribution in [2.75, 3.05) is 0 Å². The van der Waals surface area contributed by atoms with E-state index in [4.69, 9.17) is 9.47 Å². The van der Waals surface area contributed by atoms with Gasteiger partial charge in [-0.2, -0.15) is 0 Å². The first-order chi connectivity index (χ1) is 15.4. The van der Waals surface area contributed by atoms with Crippen molar-refractivity contribution in [2.45, 2.75) is 5.60 Å². The molecule has 1 atom stereocenters. The Morgan fingerprint density at radius 1 is 0.812 bits per heavy atom. The van der Waals surface area contributed by atoms with E-state index in [2.05, 4.69) is 0 Å². The molecule has 1 unspecified atom stereocenters. The SMILES string of the molecule is O=C1OC2(c3ccc(O)cc3Oc3c2cc(C(=O)O)c2cc(O)ccc32)c2ccccc21. The second kappa shape index (κ2) is 6.01. The maximum Gasteiger partial charge on any atom is 0.340 e. The van der Waals surface area contributed by atoms with Crippen molar-refractivity contribution in [3.63, 3.8) is 0 Å². The third kappa shape index (κ3) is 2.19. The van der Waals surface area contributed by atoms with E-state index in [1.165, 1.54) is 30.3 Å². The minimum atomic E-state index is -1.46. The molecule has 6 rings (SSSR count). The summed E-state index contributed by atoms with van der Waals surface area (Å²) >= 11 is 0. The van der Waals surface area contributed by atoms with Crippen LogP contribution < -0.4 is 4.74 Å². The van der Waals surface area contributed by atoms with E-state index >= 15 is 0 Å². The molecule has 0 amide bonds. The number of aromatic hydroxyl groups is 2. The molecule has 4 aromatic carbocycles. The molecule has 0 radical (unpaired) electrons. The van der Waals surface area contributed by atoms with Gasteiger partial charge in [0.1, 0.15) is 23.0 Å². The molecule has 7 heteroatoms. The first-order valence-electron chi connectivity index (χ1n) is 9.78. The summed E-state index contributed by atoms with van der Waals surface area (Å²) in [4.78, 5) is 25.0. The number of phenolic OH excluding ortho intramolecular Hbond substituents is 2. The lowest BCUT2D eigenvalue weighted by Gasteiger charge is -2.37. The van der Waals surface area contributed by atoms with Gasteiger partial charge in [0.15, 0.2) is 5.60 Å². The highest BCUT2D eigenvalue weighted by molar-refractivity contribution is 6.08. The summed E-state index contributed by atoms with van der Waals surface area (Å²) < 4.78 is 12.2. The number of carbonyl (C=O) groups is 2. The minimum absolute atomic E-state index is 0.0379. The molecule has 7 nitrogen and oxygen atoms in total. The predicted octanol–water partition coefficient (Wildman–Crippen LogP) is 4.52. The summed E-state index contributed by atoms with van der Waals surface area (Å²) in [7, 11) is 0. The molecular weight excluding hydrogens is 412 g/mol. The Morgan fingerprint density at radius 3 is 2.38 bits per heavy atom. The second-order valence-electron chi connectivity index (χ2n) is 7.73. The number of phenols is 2. The molecule has 3 N–H and O–H groups in total. The maximum atomic E-state index is 12.9. The monoisotopic (exact) mass is 426 g/mol. The molecule has 4 aromatic rings. The lowest BCUT2D eigenvalue weighted by Crippen LogP contribution is -2.33. The van der Waals surface area contributed by atoms with Gasteiger partial charge in [0, 0.05) is 33.5 Å². The van der Waals surface area contributed by atoms with Gasteiger partial charge in [0.2, 0.25) is 0 Å². The van der Waals surface area contributed by atoms with Crippen molar-refractivity contribution in [1.29, 1.82) is 0 Å². The lowest BCUT2D eigenvalue weighted by molar-refractivity contribution is 0.0225. The molecule has 0 saturated carbocycles. The normalized spacial score (nSPS) is 17.9. The molecule has 0 bridgehead atoms. The minimum Gasteiger partial charge on any atom is -0.508 e. The van der Waals surface area contributed by atoms with Gasteiger partial charge in [-0.1, -0.05) is 18.2 Å². The van der Waals surface area contributed by atoms with Crippen LogP contribution in [0, 0.1) is 0 Å². The van der Waals surface area contributed by atoms with Gasteiger partial charge >= 0.3 is 11.9 Å². The van der Waals surface area contributed by atoms with Crippen LogP contribution in [-0.4, -0.2) is 27.3 Å². The highest BCUT2D eigenvalue weighted by Crippen LogP contribution is 2.58. The zero-order valence-electron chi connectivity index (χ0n) is 16.3. The zero-order valence-corrected chi connectivity index (χ0v) is 16.3. The summed E-state index contributed by atoms with van der Waals surface area (Å²) in [6.45, 7) is 0. The van der Waals surface area contributed by atoms with Crippen molar-refractivity contribution in [2.24, 2.45) is 0 Å². The summed E-state index contributed by atoms with van der Waals surface area (Å²) in [6, 6.07) is 17.1.